The molecule has 1 aliphatic rings. The molecule has 6 N–H and O–H groups in total. The first-order valence-corrected chi connectivity index (χ1v) is 8.21. The van der Waals surface area contributed by atoms with E-state index in [0.717, 1.165) is 11.1 Å². The van der Waals surface area contributed by atoms with E-state index in [1.807, 2.05) is 13.8 Å². The quantitative estimate of drug-likeness (QED) is 0.461. The number of aliphatic hydroxyl groups is 5. The highest BCUT2D eigenvalue weighted by atomic mass is 16.3. The lowest BCUT2D eigenvalue weighted by molar-refractivity contribution is 0.191. The third-order valence-electron chi connectivity index (χ3n) is 5.05. The van der Waals surface area contributed by atoms with Crippen LogP contribution in [0.3, 0.4) is 0 Å². The first-order valence-electron chi connectivity index (χ1n) is 8.21. The van der Waals surface area contributed by atoms with Gasteiger partial charge in [0.2, 0.25) is 0 Å². The summed E-state index contributed by atoms with van der Waals surface area (Å²) in [5.41, 5.74) is 2.13. The predicted molar refractivity (Wildman–Crippen MR) is 93.0 cm³/mol. The van der Waals surface area contributed by atoms with Gasteiger partial charge in [0.15, 0.2) is 0 Å². The van der Waals surface area contributed by atoms with Crippen LogP contribution in [0.5, 0.6) is 5.75 Å². The predicted octanol–water partition coefficient (Wildman–Crippen LogP) is 1.40. The molecule has 0 spiro atoms. The molecule has 0 bridgehead atoms. The van der Waals surface area contributed by atoms with Gasteiger partial charge in [-0.3, -0.25) is 0 Å². The van der Waals surface area contributed by atoms with E-state index in [2.05, 4.69) is 0 Å². The van der Waals surface area contributed by atoms with Crippen molar-refractivity contribution in [2.75, 3.05) is 13.2 Å². The Bertz CT molecular complexity index is 677. The molecule has 6 heteroatoms. The van der Waals surface area contributed by atoms with Crippen molar-refractivity contribution in [1.29, 1.82) is 0 Å². The highest BCUT2D eigenvalue weighted by Crippen LogP contribution is 2.42. The smallest absolute Gasteiger partial charge is 0.126 e. The number of aliphatic hydroxyl groups excluding tert-OH is 5. The van der Waals surface area contributed by atoms with Crippen molar-refractivity contribution < 1.29 is 30.6 Å². The minimum atomic E-state index is -0.559. The lowest BCUT2D eigenvalue weighted by Crippen LogP contribution is -2.28. The summed E-state index contributed by atoms with van der Waals surface area (Å²) in [4.78, 5) is 0. The number of benzene rings is 1. The van der Waals surface area contributed by atoms with Crippen LogP contribution >= 0.6 is 0 Å². The number of phenols is 1. The van der Waals surface area contributed by atoms with Crippen LogP contribution in [0.4, 0.5) is 0 Å². The number of allylic oxidation sites excluding steroid dienone is 1. The zero-order valence-corrected chi connectivity index (χ0v) is 14.5. The normalized spacial score (nSPS) is 18.5. The molecule has 0 saturated heterocycles. The molecule has 1 unspecified atom stereocenters. The van der Waals surface area contributed by atoms with Gasteiger partial charge in [-0.2, -0.15) is 0 Å². The van der Waals surface area contributed by atoms with Crippen molar-refractivity contribution in [3.8, 4) is 5.75 Å². The van der Waals surface area contributed by atoms with E-state index in [-0.39, 0.29) is 37.9 Å². The Kier molecular flexibility index (Phi) is 5.90. The van der Waals surface area contributed by atoms with Crippen LogP contribution in [-0.2, 0) is 18.6 Å². The molecule has 1 atom stereocenters. The molecule has 1 aliphatic carbocycles. The van der Waals surface area contributed by atoms with Crippen LogP contribution in [0, 0.1) is 5.92 Å². The van der Waals surface area contributed by atoms with Gasteiger partial charge in [0, 0.05) is 28.0 Å². The zero-order valence-electron chi connectivity index (χ0n) is 14.5. The van der Waals surface area contributed by atoms with Crippen molar-refractivity contribution in [3.05, 3.63) is 51.8 Å². The van der Waals surface area contributed by atoms with E-state index in [1.165, 1.54) is 0 Å². The number of aromatic hydroxyl groups is 1. The molecule has 2 rings (SSSR count). The molecule has 1 aromatic rings. The molecular weight excluding hydrogens is 324 g/mol. The van der Waals surface area contributed by atoms with E-state index < -0.39 is 11.3 Å². The third-order valence-corrected chi connectivity index (χ3v) is 5.05. The topological polar surface area (TPSA) is 121 Å². The Morgan fingerprint density at radius 1 is 0.960 bits per heavy atom. The lowest BCUT2D eigenvalue weighted by Gasteiger charge is -2.35. The molecule has 6 nitrogen and oxygen atoms in total. The van der Waals surface area contributed by atoms with Gasteiger partial charge in [-0.1, -0.05) is 25.5 Å². The summed E-state index contributed by atoms with van der Waals surface area (Å²) in [5.74, 6) is -0.598. The minimum absolute atomic E-state index is 0.00218. The Labute approximate surface area is 147 Å². The van der Waals surface area contributed by atoms with E-state index in [9.17, 15) is 30.6 Å². The lowest BCUT2D eigenvalue weighted by atomic mass is 9.71. The fourth-order valence-electron chi connectivity index (χ4n) is 3.23. The molecule has 0 radical (unpaired) electrons. The zero-order chi connectivity index (χ0) is 18.8. The van der Waals surface area contributed by atoms with Gasteiger partial charge >= 0.3 is 0 Å². The summed E-state index contributed by atoms with van der Waals surface area (Å²) in [5, 5.41) is 58.1. The van der Waals surface area contributed by atoms with Gasteiger partial charge in [-0.05, 0) is 24.1 Å². The summed E-state index contributed by atoms with van der Waals surface area (Å²) >= 11 is 0. The molecule has 138 valence electrons. The second kappa shape index (κ2) is 7.58. The van der Waals surface area contributed by atoms with Crippen LogP contribution < -0.4 is 0 Å². The SMILES string of the molecule is CC(C)(C1=CC(CO)=C(O)C(CO)C1)c1cc(CO)c(O)c(CO)c1. The summed E-state index contributed by atoms with van der Waals surface area (Å²) in [6.45, 7) is 2.61. The fourth-order valence-corrected chi connectivity index (χ4v) is 3.23. The average molecular weight is 350 g/mol. The Hall–Kier alpha value is -1.86. The molecule has 0 heterocycles. The van der Waals surface area contributed by atoms with Crippen LogP contribution in [-0.4, -0.2) is 43.9 Å². The molecule has 25 heavy (non-hydrogen) atoms. The summed E-state index contributed by atoms with van der Waals surface area (Å²) < 4.78 is 0. The van der Waals surface area contributed by atoms with Crippen LogP contribution in [0.2, 0.25) is 0 Å². The number of hydrogen-bond donors (Lipinski definition) is 6. The van der Waals surface area contributed by atoms with E-state index >= 15 is 0 Å². The molecule has 0 fully saturated rings. The first kappa shape index (κ1) is 19.5. The van der Waals surface area contributed by atoms with Gasteiger partial charge in [0.1, 0.15) is 11.5 Å². The molecule has 0 aromatic heterocycles. The van der Waals surface area contributed by atoms with Crippen molar-refractivity contribution >= 4 is 0 Å². The van der Waals surface area contributed by atoms with Gasteiger partial charge in [0.25, 0.3) is 0 Å². The summed E-state index contributed by atoms with van der Waals surface area (Å²) in [6, 6.07) is 3.36. The Morgan fingerprint density at radius 3 is 1.96 bits per heavy atom. The van der Waals surface area contributed by atoms with Gasteiger partial charge in [-0.15, -0.1) is 0 Å². The fraction of sp³-hybridized carbons (Fsp3) is 0.474. The molecular formula is C19H26O6. The van der Waals surface area contributed by atoms with Crippen LogP contribution in [0.1, 0.15) is 37.0 Å². The van der Waals surface area contributed by atoms with Gasteiger partial charge in [0.05, 0.1) is 26.4 Å². The van der Waals surface area contributed by atoms with E-state index in [0.29, 0.717) is 23.1 Å². The maximum atomic E-state index is 10.1. The van der Waals surface area contributed by atoms with Crippen LogP contribution in [0.25, 0.3) is 0 Å². The monoisotopic (exact) mass is 350 g/mol. The highest BCUT2D eigenvalue weighted by Gasteiger charge is 2.33. The van der Waals surface area contributed by atoms with Crippen molar-refractivity contribution in [2.45, 2.75) is 38.9 Å². The standard InChI is InChI=1S/C19H26O6/c1-19(2,15-3-11(7-20)17(24)12(4-15)8-21)16-5-13(9-22)18(25)14(6-16)10-23/h3-5,14,20-25H,6-10H2,1-2H3. The molecule has 0 amide bonds. The van der Waals surface area contributed by atoms with Crippen LogP contribution in [0.15, 0.2) is 35.1 Å². The maximum absolute atomic E-state index is 10.1. The van der Waals surface area contributed by atoms with Gasteiger partial charge in [-0.25, -0.2) is 0 Å². The van der Waals surface area contributed by atoms with E-state index in [1.54, 1.807) is 18.2 Å². The average Bonchev–Trinajstić information content (AvgIpc) is 2.61. The minimum Gasteiger partial charge on any atom is -0.512 e. The third kappa shape index (κ3) is 3.57. The second-order valence-corrected chi connectivity index (χ2v) is 6.91. The molecule has 1 aromatic carbocycles. The second-order valence-electron chi connectivity index (χ2n) is 6.91. The molecule has 0 aliphatic heterocycles. The Morgan fingerprint density at radius 2 is 1.52 bits per heavy atom. The van der Waals surface area contributed by atoms with Crippen molar-refractivity contribution in [1.82, 2.24) is 0 Å². The summed E-state index contributed by atoms with van der Waals surface area (Å²) in [7, 11) is 0. The summed E-state index contributed by atoms with van der Waals surface area (Å²) in [6.07, 6.45) is 2.15. The largest absolute Gasteiger partial charge is 0.512 e. The number of rotatable bonds is 6. The van der Waals surface area contributed by atoms with Gasteiger partial charge < -0.3 is 30.6 Å². The van der Waals surface area contributed by atoms with Crippen molar-refractivity contribution in [3.63, 3.8) is 0 Å². The van der Waals surface area contributed by atoms with E-state index in [4.69, 9.17) is 0 Å². The number of hydrogen-bond acceptors (Lipinski definition) is 6. The maximum Gasteiger partial charge on any atom is 0.126 e. The molecule has 0 saturated carbocycles. The first-order chi connectivity index (χ1) is 11.8. The van der Waals surface area contributed by atoms with Crippen molar-refractivity contribution in [2.24, 2.45) is 5.92 Å². The Balaban J connectivity index is 2.55. The highest BCUT2D eigenvalue weighted by molar-refractivity contribution is 5.49.